The van der Waals surface area contributed by atoms with Crippen LogP contribution >= 0.6 is 0 Å². The maximum Gasteiger partial charge on any atom is 0.222 e. The van der Waals surface area contributed by atoms with E-state index in [1.165, 1.54) is 11.1 Å². The minimum absolute atomic E-state index is 0.269. The molecule has 0 spiro atoms. The standard InChI is InChI=1S/C25H41N5O2/c1-4-26-25(28-23-10-13-29(14-11-23)15-16-32-20(2)3)27-18-21-7-5-8-22(17-21)19-30-12-6-9-24(30)31/h5,7-8,17,20,23H,4,6,9-16,18-19H2,1-3H3,(H2,26,27,28). The van der Waals surface area contributed by atoms with Gasteiger partial charge in [-0.25, -0.2) is 4.99 Å². The third kappa shape index (κ3) is 8.10. The number of rotatable bonds is 10. The van der Waals surface area contributed by atoms with Crippen LogP contribution in [-0.2, 0) is 22.6 Å². The van der Waals surface area contributed by atoms with Gasteiger partial charge in [0.15, 0.2) is 5.96 Å². The van der Waals surface area contributed by atoms with Crippen molar-refractivity contribution in [3.05, 3.63) is 35.4 Å². The van der Waals surface area contributed by atoms with Crippen LogP contribution in [0.3, 0.4) is 0 Å². The maximum absolute atomic E-state index is 11.9. The topological polar surface area (TPSA) is 69.2 Å². The Morgan fingerprint density at radius 1 is 1.22 bits per heavy atom. The number of hydrogen-bond donors (Lipinski definition) is 2. The lowest BCUT2D eigenvalue weighted by molar-refractivity contribution is -0.128. The fraction of sp³-hybridized carbons (Fsp3) is 0.680. The molecule has 2 N–H and O–H groups in total. The first kappa shape index (κ1) is 24.5. The van der Waals surface area contributed by atoms with E-state index in [1.54, 1.807) is 0 Å². The van der Waals surface area contributed by atoms with Gasteiger partial charge >= 0.3 is 0 Å². The second kappa shape index (κ2) is 12.8. The van der Waals surface area contributed by atoms with E-state index in [2.05, 4.69) is 60.6 Å². The van der Waals surface area contributed by atoms with Crippen molar-refractivity contribution in [3.8, 4) is 0 Å². The summed E-state index contributed by atoms with van der Waals surface area (Å²) in [5.74, 6) is 1.15. The lowest BCUT2D eigenvalue weighted by atomic mass is 10.1. The smallest absolute Gasteiger partial charge is 0.222 e. The molecule has 32 heavy (non-hydrogen) atoms. The van der Waals surface area contributed by atoms with Crippen molar-refractivity contribution in [1.29, 1.82) is 0 Å². The molecule has 0 aliphatic carbocycles. The number of carbonyl (C=O) groups is 1. The third-order valence-electron chi connectivity index (χ3n) is 6.09. The fourth-order valence-corrected chi connectivity index (χ4v) is 4.32. The average Bonchev–Trinajstić information content (AvgIpc) is 3.18. The Morgan fingerprint density at radius 3 is 2.69 bits per heavy atom. The molecule has 0 saturated carbocycles. The molecule has 2 aliphatic rings. The summed E-state index contributed by atoms with van der Waals surface area (Å²) in [6.45, 7) is 13.3. The first-order valence-electron chi connectivity index (χ1n) is 12.3. The van der Waals surface area contributed by atoms with E-state index in [9.17, 15) is 4.79 Å². The molecule has 0 radical (unpaired) electrons. The van der Waals surface area contributed by atoms with E-state index in [4.69, 9.17) is 9.73 Å². The molecule has 2 saturated heterocycles. The summed E-state index contributed by atoms with van der Waals surface area (Å²) in [6.07, 6.45) is 4.20. The Morgan fingerprint density at radius 2 is 2.00 bits per heavy atom. The predicted molar refractivity (Wildman–Crippen MR) is 130 cm³/mol. The normalized spacial score (nSPS) is 18.6. The molecule has 7 heteroatoms. The quantitative estimate of drug-likeness (QED) is 0.430. The summed E-state index contributed by atoms with van der Waals surface area (Å²) < 4.78 is 5.69. The molecule has 0 aromatic heterocycles. The zero-order valence-corrected chi connectivity index (χ0v) is 20.1. The van der Waals surface area contributed by atoms with Crippen molar-refractivity contribution in [2.24, 2.45) is 4.99 Å². The molecule has 7 nitrogen and oxygen atoms in total. The second-order valence-electron chi connectivity index (χ2n) is 9.11. The van der Waals surface area contributed by atoms with Crippen LogP contribution in [0.25, 0.3) is 0 Å². The van der Waals surface area contributed by atoms with Crippen molar-refractivity contribution in [3.63, 3.8) is 0 Å². The predicted octanol–water partition coefficient (Wildman–Crippen LogP) is 2.75. The molecule has 0 unspecified atom stereocenters. The van der Waals surface area contributed by atoms with E-state index >= 15 is 0 Å². The molecule has 2 fully saturated rings. The van der Waals surface area contributed by atoms with Crippen LogP contribution in [0.1, 0.15) is 57.6 Å². The van der Waals surface area contributed by atoms with Gasteiger partial charge in [0.1, 0.15) is 0 Å². The monoisotopic (exact) mass is 443 g/mol. The highest BCUT2D eigenvalue weighted by Crippen LogP contribution is 2.16. The summed E-state index contributed by atoms with van der Waals surface area (Å²) in [5, 5.41) is 7.02. The Bertz CT molecular complexity index is 744. The molecular formula is C25H41N5O2. The Kier molecular flexibility index (Phi) is 9.81. The maximum atomic E-state index is 11.9. The molecule has 3 rings (SSSR count). The van der Waals surface area contributed by atoms with Crippen LogP contribution in [0.4, 0.5) is 0 Å². The summed E-state index contributed by atoms with van der Waals surface area (Å²) in [7, 11) is 0. The van der Waals surface area contributed by atoms with Gasteiger partial charge < -0.3 is 25.2 Å². The minimum atomic E-state index is 0.269. The lowest BCUT2D eigenvalue weighted by Gasteiger charge is -2.33. The minimum Gasteiger partial charge on any atom is -0.377 e. The number of nitrogens with zero attached hydrogens (tertiary/aromatic N) is 3. The number of hydrogen-bond acceptors (Lipinski definition) is 4. The van der Waals surface area contributed by atoms with Gasteiger partial charge in [0, 0.05) is 51.7 Å². The van der Waals surface area contributed by atoms with Gasteiger partial charge in [0.2, 0.25) is 5.91 Å². The average molecular weight is 444 g/mol. The van der Waals surface area contributed by atoms with Crippen molar-refractivity contribution in [2.75, 3.05) is 39.3 Å². The van der Waals surface area contributed by atoms with Crippen LogP contribution in [0.5, 0.6) is 0 Å². The van der Waals surface area contributed by atoms with Gasteiger partial charge in [-0.15, -0.1) is 0 Å². The van der Waals surface area contributed by atoms with E-state index in [0.29, 0.717) is 31.7 Å². The van der Waals surface area contributed by atoms with Crippen LogP contribution < -0.4 is 10.6 Å². The Hall–Kier alpha value is -2.12. The van der Waals surface area contributed by atoms with Gasteiger partial charge in [-0.1, -0.05) is 24.3 Å². The van der Waals surface area contributed by atoms with E-state index in [1.807, 2.05) is 4.90 Å². The van der Waals surface area contributed by atoms with E-state index in [0.717, 1.165) is 64.6 Å². The summed E-state index contributed by atoms with van der Waals surface area (Å²) >= 11 is 0. The number of likely N-dealkylation sites (tertiary alicyclic amines) is 2. The highest BCUT2D eigenvalue weighted by molar-refractivity contribution is 5.80. The van der Waals surface area contributed by atoms with Crippen LogP contribution in [0, 0.1) is 0 Å². The van der Waals surface area contributed by atoms with Crippen LogP contribution in [0.15, 0.2) is 29.3 Å². The number of carbonyl (C=O) groups excluding carboxylic acids is 1. The number of ether oxygens (including phenoxy) is 1. The molecule has 2 aliphatic heterocycles. The fourth-order valence-electron chi connectivity index (χ4n) is 4.32. The van der Waals surface area contributed by atoms with Gasteiger partial charge in [0.25, 0.3) is 0 Å². The number of nitrogens with one attached hydrogen (secondary N) is 2. The van der Waals surface area contributed by atoms with Crippen molar-refractivity contribution in [1.82, 2.24) is 20.4 Å². The van der Waals surface area contributed by atoms with Gasteiger partial charge in [-0.2, -0.15) is 0 Å². The Balaban J connectivity index is 1.48. The molecule has 178 valence electrons. The number of piperidine rings is 1. The number of benzene rings is 1. The van der Waals surface area contributed by atoms with E-state index in [-0.39, 0.29) is 5.91 Å². The van der Waals surface area contributed by atoms with Crippen molar-refractivity contribution in [2.45, 2.75) is 71.7 Å². The van der Waals surface area contributed by atoms with Crippen LogP contribution in [-0.4, -0.2) is 73.1 Å². The molecule has 1 aromatic rings. The molecule has 1 aromatic carbocycles. The number of aliphatic imine (C=N–C) groups is 1. The summed E-state index contributed by atoms with van der Waals surface area (Å²) in [4.78, 5) is 21.2. The largest absolute Gasteiger partial charge is 0.377 e. The third-order valence-corrected chi connectivity index (χ3v) is 6.09. The zero-order valence-electron chi connectivity index (χ0n) is 20.1. The molecule has 0 bridgehead atoms. The number of amides is 1. The van der Waals surface area contributed by atoms with Gasteiger partial charge in [-0.05, 0) is 51.2 Å². The lowest BCUT2D eigenvalue weighted by Crippen LogP contribution is -2.49. The summed E-state index contributed by atoms with van der Waals surface area (Å²) in [6, 6.07) is 8.90. The molecular weight excluding hydrogens is 402 g/mol. The molecule has 1 amide bonds. The first-order chi connectivity index (χ1) is 15.5. The first-order valence-corrected chi connectivity index (χ1v) is 12.3. The molecule has 2 heterocycles. The van der Waals surface area contributed by atoms with Crippen molar-refractivity contribution >= 4 is 11.9 Å². The second-order valence-corrected chi connectivity index (χ2v) is 9.11. The number of guanidine groups is 1. The Labute approximate surface area is 193 Å². The van der Waals surface area contributed by atoms with Crippen LogP contribution in [0.2, 0.25) is 0 Å². The highest BCUT2D eigenvalue weighted by atomic mass is 16.5. The van der Waals surface area contributed by atoms with Gasteiger partial charge in [0.05, 0.1) is 19.3 Å². The molecule has 0 atom stereocenters. The van der Waals surface area contributed by atoms with E-state index < -0.39 is 0 Å². The highest BCUT2D eigenvalue weighted by Gasteiger charge is 2.21. The summed E-state index contributed by atoms with van der Waals surface area (Å²) in [5.41, 5.74) is 2.35. The zero-order chi connectivity index (χ0) is 22.8. The SMILES string of the molecule is CCNC(=NCc1cccc(CN2CCCC2=O)c1)NC1CCN(CCOC(C)C)CC1. The van der Waals surface area contributed by atoms with Crippen molar-refractivity contribution < 1.29 is 9.53 Å². The van der Waals surface area contributed by atoms with Gasteiger partial charge in [-0.3, -0.25) is 4.79 Å².